The van der Waals surface area contributed by atoms with Gasteiger partial charge in [-0.3, -0.25) is 19.3 Å². The molecule has 0 aromatic heterocycles. The zero-order chi connectivity index (χ0) is 19.1. The van der Waals surface area contributed by atoms with Gasteiger partial charge in [0.05, 0.1) is 11.1 Å². The average Bonchev–Trinajstić information content (AvgIpc) is 3.13. The quantitative estimate of drug-likeness (QED) is 0.814. The number of carboxylic acid groups (broad SMARTS) is 1. The highest BCUT2D eigenvalue weighted by Crippen LogP contribution is 2.32. The second kappa shape index (κ2) is 6.55. The predicted octanol–water partition coefficient (Wildman–Crippen LogP) is 2.16. The highest BCUT2D eigenvalue weighted by atomic mass is 16.4. The minimum absolute atomic E-state index is 0.216. The molecule has 1 unspecified atom stereocenters. The number of carbonyl (C=O) groups excluding carboxylic acids is 3. The van der Waals surface area contributed by atoms with Gasteiger partial charge in [-0.05, 0) is 44.4 Å². The van der Waals surface area contributed by atoms with Gasteiger partial charge in [0, 0.05) is 18.7 Å². The molecular formula is C19H22N2O5. The fraction of sp³-hybridized carbons (Fsp3) is 0.474. The van der Waals surface area contributed by atoms with Crippen LogP contribution in [-0.2, 0) is 4.79 Å². The number of imide groups is 1. The largest absolute Gasteiger partial charge is 0.480 e. The van der Waals surface area contributed by atoms with E-state index in [4.69, 9.17) is 0 Å². The topological polar surface area (TPSA) is 95.0 Å². The van der Waals surface area contributed by atoms with Crippen LogP contribution in [0, 0.1) is 0 Å². The summed E-state index contributed by atoms with van der Waals surface area (Å²) in [5.74, 6) is -2.20. The first-order valence-corrected chi connectivity index (χ1v) is 8.87. The van der Waals surface area contributed by atoms with Crippen molar-refractivity contribution in [3.8, 4) is 0 Å². The van der Waals surface area contributed by atoms with Crippen molar-refractivity contribution in [2.24, 2.45) is 0 Å². The van der Waals surface area contributed by atoms with Crippen molar-refractivity contribution >= 4 is 23.7 Å². The van der Waals surface area contributed by atoms with Gasteiger partial charge in [-0.1, -0.05) is 13.3 Å². The molecule has 2 aliphatic heterocycles. The molecule has 0 radical (unpaired) electrons. The third-order valence-corrected chi connectivity index (χ3v) is 5.30. The molecule has 2 aliphatic rings. The summed E-state index contributed by atoms with van der Waals surface area (Å²) < 4.78 is 0. The van der Waals surface area contributed by atoms with E-state index in [2.05, 4.69) is 0 Å². The third-order valence-electron chi connectivity index (χ3n) is 5.30. The maximum absolute atomic E-state index is 12.9. The lowest BCUT2D eigenvalue weighted by Crippen LogP contribution is -2.50. The van der Waals surface area contributed by atoms with Crippen LogP contribution in [0.5, 0.6) is 0 Å². The van der Waals surface area contributed by atoms with Crippen LogP contribution in [0.4, 0.5) is 0 Å². The fourth-order valence-electron chi connectivity index (χ4n) is 3.61. The molecule has 3 amide bonds. The van der Waals surface area contributed by atoms with Gasteiger partial charge in [-0.25, -0.2) is 4.79 Å². The summed E-state index contributed by atoms with van der Waals surface area (Å²) in [6, 6.07) is 4.41. The zero-order valence-corrected chi connectivity index (χ0v) is 14.9. The molecule has 1 saturated heterocycles. The standard InChI is InChI=1S/C19H22N2O5/c1-3-4-9-20-16(23)13-7-6-12(11-14(13)17(20)24)15(22)21-10-5-8-19(21,2)18(25)26/h6-7,11H,3-5,8-10H2,1-2H3,(H,25,26). The van der Waals surface area contributed by atoms with Crippen molar-refractivity contribution in [2.45, 2.75) is 45.1 Å². The van der Waals surface area contributed by atoms with E-state index in [9.17, 15) is 24.3 Å². The number of unbranched alkanes of at least 4 members (excludes halogenated alkanes) is 1. The smallest absolute Gasteiger partial charge is 0.329 e. The summed E-state index contributed by atoms with van der Waals surface area (Å²) in [5, 5.41) is 9.49. The van der Waals surface area contributed by atoms with Gasteiger partial charge in [-0.2, -0.15) is 0 Å². The second-order valence-corrected chi connectivity index (χ2v) is 7.02. The van der Waals surface area contributed by atoms with Crippen LogP contribution in [0.1, 0.15) is 70.6 Å². The molecule has 1 aromatic carbocycles. The Morgan fingerprint density at radius 2 is 1.88 bits per heavy atom. The van der Waals surface area contributed by atoms with Crippen LogP contribution < -0.4 is 0 Å². The Hall–Kier alpha value is -2.70. The highest BCUT2D eigenvalue weighted by molar-refractivity contribution is 6.22. The molecular weight excluding hydrogens is 336 g/mol. The molecule has 1 aromatic rings. The summed E-state index contributed by atoms with van der Waals surface area (Å²) in [6.07, 6.45) is 2.59. The number of amides is 3. The maximum atomic E-state index is 12.9. The van der Waals surface area contributed by atoms with Crippen LogP contribution in [0.2, 0.25) is 0 Å². The molecule has 1 atom stereocenters. The number of hydrogen-bond donors (Lipinski definition) is 1. The first kappa shape index (κ1) is 18.1. The molecule has 7 nitrogen and oxygen atoms in total. The Labute approximate surface area is 151 Å². The molecule has 0 spiro atoms. The van der Waals surface area contributed by atoms with Crippen molar-refractivity contribution in [3.05, 3.63) is 34.9 Å². The first-order valence-electron chi connectivity index (χ1n) is 8.87. The lowest BCUT2D eigenvalue weighted by Gasteiger charge is -2.31. The number of fused-ring (bicyclic) bond motifs is 1. The van der Waals surface area contributed by atoms with Gasteiger partial charge in [0.2, 0.25) is 0 Å². The number of benzene rings is 1. The number of likely N-dealkylation sites (tertiary alicyclic amines) is 1. The molecule has 0 aliphatic carbocycles. The maximum Gasteiger partial charge on any atom is 0.329 e. The van der Waals surface area contributed by atoms with E-state index in [0.29, 0.717) is 31.5 Å². The van der Waals surface area contributed by atoms with E-state index in [0.717, 1.165) is 12.8 Å². The number of carboxylic acids is 1. The first-order chi connectivity index (χ1) is 12.3. The number of aliphatic carboxylic acids is 1. The Balaban J connectivity index is 1.90. The van der Waals surface area contributed by atoms with Crippen LogP contribution in [-0.4, -0.2) is 57.2 Å². The van der Waals surface area contributed by atoms with Crippen molar-refractivity contribution in [1.29, 1.82) is 0 Å². The third kappa shape index (κ3) is 2.67. The summed E-state index contributed by atoms with van der Waals surface area (Å²) >= 11 is 0. The molecule has 138 valence electrons. The normalized spacial score (nSPS) is 22.1. The van der Waals surface area contributed by atoms with Crippen LogP contribution in [0.25, 0.3) is 0 Å². The molecule has 1 fully saturated rings. The molecule has 3 rings (SSSR count). The minimum Gasteiger partial charge on any atom is -0.480 e. The van der Waals surface area contributed by atoms with Crippen LogP contribution in [0.3, 0.4) is 0 Å². The Kier molecular flexibility index (Phi) is 4.56. The van der Waals surface area contributed by atoms with Crippen molar-refractivity contribution in [2.75, 3.05) is 13.1 Å². The number of nitrogens with zero attached hydrogens (tertiary/aromatic N) is 2. The average molecular weight is 358 g/mol. The zero-order valence-electron chi connectivity index (χ0n) is 14.9. The van der Waals surface area contributed by atoms with E-state index in [1.165, 1.54) is 34.9 Å². The van der Waals surface area contributed by atoms with Crippen molar-refractivity contribution in [1.82, 2.24) is 9.80 Å². The summed E-state index contributed by atoms with van der Waals surface area (Å²) in [5.41, 5.74) is -0.502. The van der Waals surface area contributed by atoms with Crippen molar-refractivity contribution < 1.29 is 24.3 Å². The fourth-order valence-corrected chi connectivity index (χ4v) is 3.61. The summed E-state index contributed by atoms with van der Waals surface area (Å²) in [4.78, 5) is 51.9. The molecule has 0 saturated carbocycles. The van der Waals surface area contributed by atoms with E-state index in [1.807, 2.05) is 6.92 Å². The summed E-state index contributed by atoms with van der Waals surface area (Å²) in [6.45, 7) is 4.22. The number of carbonyl (C=O) groups is 4. The molecule has 1 N–H and O–H groups in total. The SMILES string of the molecule is CCCCN1C(=O)c2ccc(C(=O)N3CCCC3(C)C(=O)O)cc2C1=O. The van der Waals surface area contributed by atoms with E-state index in [-0.39, 0.29) is 17.0 Å². The van der Waals surface area contributed by atoms with E-state index >= 15 is 0 Å². The lowest BCUT2D eigenvalue weighted by atomic mass is 9.98. The Bertz CT molecular complexity index is 803. The van der Waals surface area contributed by atoms with E-state index < -0.39 is 23.3 Å². The van der Waals surface area contributed by atoms with Gasteiger partial charge >= 0.3 is 5.97 Å². The van der Waals surface area contributed by atoms with Gasteiger partial charge in [0.15, 0.2) is 0 Å². The van der Waals surface area contributed by atoms with Gasteiger partial charge < -0.3 is 10.0 Å². The summed E-state index contributed by atoms with van der Waals surface area (Å²) in [7, 11) is 0. The monoisotopic (exact) mass is 358 g/mol. The molecule has 0 bridgehead atoms. The van der Waals surface area contributed by atoms with Gasteiger partial charge in [0.1, 0.15) is 5.54 Å². The van der Waals surface area contributed by atoms with Crippen LogP contribution >= 0.6 is 0 Å². The molecule has 7 heteroatoms. The van der Waals surface area contributed by atoms with Crippen molar-refractivity contribution in [3.63, 3.8) is 0 Å². The molecule has 2 heterocycles. The predicted molar refractivity (Wildman–Crippen MR) is 93.0 cm³/mol. The van der Waals surface area contributed by atoms with Gasteiger partial charge in [-0.15, -0.1) is 0 Å². The number of rotatable bonds is 5. The Morgan fingerprint density at radius 1 is 1.19 bits per heavy atom. The second-order valence-electron chi connectivity index (χ2n) is 7.02. The van der Waals surface area contributed by atoms with E-state index in [1.54, 1.807) is 0 Å². The van der Waals surface area contributed by atoms with Gasteiger partial charge in [0.25, 0.3) is 17.7 Å². The lowest BCUT2D eigenvalue weighted by molar-refractivity contribution is -0.147. The highest BCUT2D eigenvalue weighted by Gasteiger charge is 2.46. The Morgan fingerprint density at radius 3 is 2.54 bits per heavy atom. The van der Waals surface area contributed by atoms with Crippen LogP contribution in [0.15, 0.2) is 18.2 Å². The number of hydrogen-bond acceptors (Lipinski definition) is 4. The molecule has 26 heavy (non-hydrogen) atoms. The minimum atomic E-state index is -1.25.